The first-order chi connectivity index (χ1) is 16.5. The molecule has 176 valence electrons. The fourth-order valence-corrected chi connectivity index (χ4v) is 3.93. The Balaban J connectivity index is 1.64. The average molecular weight is 454 g/mol. The number of unbranched alkanes of at least 4 members (excludes halogenated alkanes) is 2. The van der Waals surface area contributed by atoms with E-state index in [-0.39, 0.29) is 0 Å². The quantitative estimate of drug-likeness (QED) is 0.167. The lowest BCUT2D eigenvalue weighted by Gasteiger charge is -2.11. The lowest BCUT2D eigenvalue weighted by atomic mass is 9.98. The molecule has 0 heterocycles. The smallest absolute Gasteiger partial charge is 0.343 e. The number of aryl methyl sites for hydroxylation is 2. The number of rotatable bonds is 11. The summed E-state index contributed by atoms with van der Waals surface area (Å²) in [5.74, 6) is 0.499. The van der Waals surface area contributed by atoms with Crippen LogP contribution in [0.2, 0.25) is 0 Å². The molecular weight excluding hydrogens is 418 g/mol. The zero-order chi connectivity index (χ0) is 24.3. The lowest BCUT2D eigenvalue weighted by molar-refractivity contribution is 0.0734. The van der Waals surface area contributed by atoms with Crippen molar-refractivity contribution in [3.05, 3.63) is 89.0 Å². The second-order valence-electron chi connectivity index (χ2n) is 9.12. The first-order valence-electron chi connectivity index (χ1n) is 12.5. The van der Waals surface area contributed by atoms with Gasteiger partial charge in [-0.1, -0.05) is 82.5 Å². The Labute approximate surface area is 204 Å². The van der Waals surface area contributed by atoms with Gasteiger partial charge in [-0.3, -0.25) is 0 Å². The van der Waals surface area contributed by atoms with Crippen molar-refractivity contribution in [1.82, 2.24) is 0 Å². The molecule has 3 heteroatoms. The van der Waals surface area contributed by atoms with Crippen LogP contribution in [-0.2, 0) is 12.8 Å². The normalized spacial score (nSPS) is 11.6. The number of esters is 1. The summed E-state index contributed by atoms with van der Waals surface area (Å²) in [4.78, 5) is 12.7. The molecule has 0 saturated heterocycles. The largest absolute Gasteiger partial charge is 0.422 e. The summed E-state index contributed by atoms with van der Waals surface area (Å²) in [5, 5.41) is 9.55. The van der Waals surface area contributed by atoms with E-state index in [2.05, 4.69) is 51.1 Å². The molecule has 1 atom stereocenters. The Morgan fingerprint density at radius 1 is 0.882 bits per heavy atom. The van der Waals surface area contributed by atoms with Gasteiger partial charge in [0.05, 0.1) is 11.1 Å². The highest BCUT2D eigenvalue weighted by molar-refractivity contribution is 5.92. The molecule has 3 nitrogen and oxygen atoms in total. The average Bonchev–Trinajstić information content (AvgIpc) is 2.88. The highest BCUT2D eigenvalue weighted by atomic mass is 16.5. The Kier molecular flexibility index (Phi) is 9.47. The second-order valence-corrected chi connectivity index (χ2v) is 9.12. The van der Waals surface area contributed by atoms with Gasteiger partial charge in [0.25, 0.3) is 0 Å². The maximum atomic E-state index is 12.7. The summed E-state index contributed by atoms with van der Waals surface area (Å²) in [7, 11) is 0. The van der Waals surface area contributed by atoms with Crippen LogP contribution in [0.4, 0.5) is 0 Å². The molecule has 3 rings (SSSR count). The molecule has 0 aliphatic heterocycles. The molecule has 0 radical (unpaired) electrons. The molecule has 34 heavy (non-hydrogen) atoms. The van der Waals surface area contributed by atoms with Crippen LogP contribution in [0, 0.1) is 17.2 Å². The van der Waals surface area contributed by atoms with E-state index in [4.69, 9.17) is 4.74 Å². The number of nitrogens with zero attached hydrogens (tertiary/aromatic N) is 1. The SMILES string of the molecule is CCCCCc1ccc(-c2ccc(C(=O)Oc3ccc(CCC(C)CC)cc3C#N)cc2)cc1. The first kappa shape index (κ1) is 25.2. The Bertz CT molecular complexity index is 1110. The highest BCUT2D eigenvalue weighted by Crippen LogP contribution is 2.24. The summed E-state index contributed by atoms with van der Waals surface area (Å²) in [6, 6.07) is 23.7. The molecule has 0 fully saturated rings. The summed E-state index contributed by atoms with van der Waals surface area (Å²) in [6.07, 6.45) is 7.97. The maximum Gasteiger partial charge on any atom is 0.343 e. The monoisotopic (exact) mass is 453 g/mol. The molecule has 1 unspecified atom stereocenters. The molecule has 0 bridgehead atoms. The molecule has 0 aliphatic rings. The topological polar surface area (TPSA) is 50.1 Å². The zero-order valence-corrected chi connectivity index (χ0v) is 20.6. The van der Waals surface area contributed by atoms with Crippen LogP contribution in [0.1, 0.15) is 79.9 Å². The summed E-state index contributed by atoms with van der Waals surface area (Å²) >= 11 is 0. The summed E-state index contributed by atoms with van der Waals surface area (Å²) in [6.45, 7) is 6.64. The molecule has 0 amide bonds. The molecule has 3 aromatic carbocycles. The van der Waals surface area contributed by atoms with Gasteiger partial charge in [-0.2, -0.15) is 5.26 Å². The van der Waals surface area contributed by atoms with E-state index < -0.39 is 5.97 Å². The number of carbonyl (C=O) groups excluding carboxylic acids is 1. The number of ether oxygens (including phenoxy) is 1. The van der Waals surface area contributed by atoms with E-state index in [1.165, 1.54) is 24.8 Å². The number of carbonyl (C=O) groups is 1. The Morgan fingerprint density at radius 3 is 2.15 bits per heavy atom. The van der Waals surface area contributed by atoms with E-state index in [1.54, 1.807) is 18.2 Å². The minimum absolute atomic E-state index is 0.308. The van der Waals surface area contributed by atoms with Crippen LogP contribution in [0.25, 0.3) is 11.1 Å². The highest BCUT2D eigenvalue weighted by Gasteiger charge is 2.13. The first-order valence-corrected chi connectivity index (χ1v) is 12.5. The fraction of sp³-hybridized carbons (Fsp3) is 0.355. The van der Waals surface area contributed by atoms with Crippen LogP contribution < -0.4 is 4.74 Å². The van der Waals surface area contributed by atoms with E-state index in [0.717, 1.165) is 42.4 Å². The molecule has 0 aromatic heterocycles. The van der Waals surface area contributed by atoms with Crippen molar-refractivity contribution in [3.63, 3.8) is 0 Å². The third kappa shape index (κ3) is 7.06. The van der Waals surface area contributed by atoms with Crippen LogP contribution in [0.5, 0.6) is 5.75 Å². The van der Waals surface area contributed by atoms with Gasteiger partial charge in [0.1, 0.15) is 11.8 Å². The number of hydrogen-bond acceptors (Lipinski definition) is 3. The van der Waals surface area contributed by atoms with Crippen LogP contribution in [0.3, 0.4) is 0 Å². The number of benzene rings is 3. The van der Waals surface area contributed by atoms with E-state index in [1.807, 2.05) is 24.3 Å². The third-order valence-corrected chi connectivity index (χ3v) is 6.47. The molecule has 0 aliphatic carbocycles. The Morgan fingerprint density at radius 2 is 1.53 bits per heavy atom. The van der Waals surface area contributed by atoms with Gasteiger partial charge in [-0.15, -0.1) is 0 Å². The van der Waals surface area contributed by atoms with Crippen molar-refractivity contribution >= 4 is 5.97 Å². The van der Waals surface area contributed by atoms with Crippen molar-refractivity contribution in [3.8, 4) is 22.9 Å². The fourth-order valence-electron chi connectivity index (χ4n) is 3.93. The van der Waals surface area contributed by atoms with Crippen LogP contribution >= 0.6 is 0 Å². The standard InChI is InChI=1S/C31H35NO2/c1-4-6-7-8-24-11-14-26(15-12-24)27-16-18-28(19-17-27)31(33)34-30-20-13-25(21-29(30)22-32)10-9-23(3)5-2/h11-21,23H,4-10H2,1-3H3. The van der Waals surface area contributed by atoms with Gasteiger partial charge in [-0.25, -0.2) is 4.79 Å². The molecule has 3 aromatic rings. The number of nitriles is 1. The van der Waals surface area contributed by atoms with Crippen LogP contribution in [-0.4, -0.2) is 5.97 Å². The molecule has 0 spiro atoms. The summed E-state index contributed by atoms with van der Waals surface area (Å²) < 4.78 is 5.57. The summed E-state index contributed by atoms with van der Waals surface area (Å²) in [5.41, 5.74) is 5.49. The van der Waals surface area contributed by atoms with Crippen molar-refractivity contribution < 1.29 is 9.53 Å². The van der Waals surface area contributed by atoms with Gasteiger partial charge in [0.15, 0.2) is 0 Å². The van der Waals surface area contributed by atoms with Crippen molar-refractivity contribution in [2.75, 3.05) is 0 Å². The second kappa shape index (κ2) is 12.8. The minimum atomic E-state index is -0.457. The predicted molar refractivity (Wildman–Crippen MR) is 139 cm³/mol. The van der Waals surface area contributed by atoms with E-state index in [9.17, 15) is 10.1 Å². The molecular formula is C31H35NO2. The van der Waals surface area contributed by atoms with E-state index in [0.29, 0.717) is 22.8 Å². The van der Waals surface area contributed by atoms with Gasteiger partial charge >= 0.3 is 5.97 Å². The predicted octanol–water partition coefficient (Wildman–Crippen LogP) is 8.16. The van der Waals surface area contributed by atoms with E-state index >= 15 is 0 Å². The lowest BCUT2D eigenvalue weighted by Crippen LogP contribution is -2.09. The zero-order valence-electron chi connectivity index (χ0n) is 20.6. The molecule has 0 saturated carbocycles. The van der Waals surface area contributed by atoms with Crippen molar-refractivity contribution in [2.45, 2.75) is 65.7 Å². The third-order valence-electron chi connectivity index (χ3n) is 6.47. The van der Waals surface area contributed by atoms with Crippen LogP contribution in [0.15, 0.2) is 66.7 Å². The van der Waals surface area contributed by atoms with Gasteiger partial charge < -0.3 is 4.74 Å². The van der Waals surface area contributed by atoms with Gasteiger partial charge in [-0.05, 0) is 78.1 Å². The Hall–Kier alpha value is -3.38. The molecule has 0 N–H and O–H groups in total. The van der Waals surface area contributed by atoms with Gasteiger partial charge in [0, 0.05) is 0 Å². The maximum absolute atomic E-state index is 12.7. The van der Waals surface area contributed by atoms with Gasteiger partial charge in [0.2, 0.25) is 0 Å². The minimum Gasteiger partial charge on any atom is -0.422 e. The van der Waals surface area contributed by atoms with Crippen molar-refractivity contribution in [2.24, 2.45) is 5.92 Å². The number of hydrogen-bond donors (Lipinski definition) is 0. The van der Waals surface area contributed by atoms with Crippen molar-refractivity contribution in [1.29, 1.82) is 5.26 Å².